The van der Waals surface area contributed by atoms with E-state index in [0.29, 0.717) is 24.9 Å². The number of carbonyl (C=O) groups excluding carboxylic acids is 2. The summed E-state index contributed by atoms with van der Waals surface area (Å²) in [6.07, 6.45) is 4.19. The molecule has 25 heavy (non-hydrogen) atoms. The highest BCUT2D eigenvalue weighted by Crippen LogP contribution is 2.18. The van der Waals surface area contributed by atoms with Crippen LogP contribution in [0.25, 0.3) is 0 Å². The van der Waals surface area contributed by atoms with Crippen molar-refractivity contribution >= 4 is 11.8 Å². The van der Waals surface area contributed by atoms with E-state index >= 15 is 0 Å². The van der Waals surface area contributed by atoms with Gasteiger partial charge in [0.15, 0.2) is 0 Å². The van der Waals surface area contributed by atoms with Crippen molar-refractivity contribution < 1.29 is 18.4 Å². The largest absolute Gasteiger partial charge is 0.340 e. The fourth-order valence-electron chi connectivity index (χ4n) is 2.83. The zero-order valence-corrected chi connectivity index (χ0v) is 13.4. The summed E-state index contributed by atoms with van der Waals surface area (Å²) in [5.74, 6) is -1.99. The second-order valence-corrected chi connectivity index (χ2v) is 5.91. The molecule has 0 saturated carbocycles. The molecule has 0 radical (unpaired) electrons. The van der Waals surface area contributed by atoms with Crippen molar-refractivity contribution in [3.05, 3.63) is 65.5 Å². The Labute approximate surface area is 143 Å². The fraction of sp³-hybridized carbons (Fsp3) is 0.278. The Morgan fingerprint density at radius 1 is 1.32 bits per heavy atom. The zero-order valence-electron chi connectivity index (χ0n) is 13.4. The van der Waals surface area contributed by atoms with Crippen LogP contribution in [0.2, 0.25) is 0 Å². The molecule has 1 aromatic heterocycles. The van der Waals surface area contributed by atoms with Crippen molar-refractivity contribution in [2.75, 3.05) is 6.54 Å². The molecule has 0 unspecified atom stereocenters. The number of piperidine rings is 1. The predicted molar refractivity (Wildman–Crippen MR) is 86.5 cm³/mol. The third-order valence-corrected chi connectivity index (χ3v) is 4.14. The van der Waals surface area contributed by atoms with E-state index in [9.17, 15) is 18.4 Å². The summed E-state index contributed by atoms with van der Waals surface area (Å²) in [7, 11) is 0. The summed E-state index contributed by atoms with van der Waals surface area (Å²) in [5.41, 5.74) is 0.617. The SMILES string of the molecule is O=C(N[C@H]1CCCN(Cc2ccc(F)cc2F)C1=O)c1cccnc1. The third kappa shape index (κ3) is 3.99. The molecule has 0 bridgehead atoms. The first-order valence-corrected chi connectivity index (χ1v) is 7.98. The van der Waals surface area contributed by atoms with Gasteiger partial charge < -0.3 is 10.2 Å². The first-order chi connectivity index (χ1) is 12.0. The van der Waals surface area contributed by atoms with Crippen molar-refractivity contribution in [3.63, 3.8) is 0 Å². The van der Waals surface area contributed by atoms with Crippen molar-refractivity contribution in [1.82, 2.24) is 15.2 Å². The fourth-order valence-corrected chi connectivity index (χ4v) is 2.83. The van der Waals surface area contributed by atoms with Crippen LogP contribution in [-0.4, -0.2) is 34.3 Å². The standard InChI is InChI=1S/C18H17F2N3O2/c19-14-6-5-13(15(20)9-14)11-23-8-2-4-16(18(23)25)22-17(24)12-3-1-7-21-10-12/h1,3,5-7,9-10,16H,2,4,8,11H2,(H,22,24)/t16-/m0/s1. The molecular weight excluding hydrogens is 328 g/mol. The molecule has 0 spiro atoms. The van der Waals surface area contributed by atoms with Crippen LogP contribution in [0.3, 0.4) is 0 Å². The lowest BCUT2D eigenvalue weighted by molar-refractivity contribution is -0.136. The van der Waals surface area contributed by atoms with Gasteiger partial charge in [-0.15, -0.1) is 0 Å². The number of nitrogens with one attached hydrogen (secondary N) is 1. The van der Waals surface area contributed by atoms with Crippen molar-refractivity contribution in [2.45, 2.75) is 25.4 Å². The zero-order chi connectivity index (χ0) is 17.8. The molecule has 2 heterocycles. The summed E-state index contributed by atoms with van der Waals surface area (Å²) < 4.78 is 26.8. The molecule has 1 aliphatic rings. The molecule has 2 aromatic rings. The van der Waals surface area contributed by atoms with E-state index in [2.05, 4.69) is 10.3 Å². The summed E-state index contributed by atoms with van der Waals surface area (Å²) in [4.78, 5) is 30.1. The van der Waals surface area contributed by atoms with Gasteiger partial charge in [0.1, 0.15) is 17.7 Å². The average Bonchev–Trinajstić information content (AvgIpc) is 2.61. The number of aromatic nitrogens is 1. The molecule has 1 N–H and O–H groups in total. The first-order valence-electron chi connectivity index (χ1n) is 7.98. The number of benzene rings is 1. The Kier molecular flexibility index (Phi) is 5.02. The van der Waals surface area contributed by atoms with Crippen LogP contribution in [0, 0.1) is 11.6 Å². The predicted octanol–water partition coefficient (Wildman–Crippen LogP) is 2.28. The minimum atomic E-state index is -0.686. The molecule has 5 nitrogen and oxygen atoms in total. The molecule has 1 fully saturated rings. The molecule has 0 aliphatic carbocycles. The number of rotatable bonds is 4. The lowest BCUT2D eigenvalue weighted by Crippen LogP contribution is -2.52. The van der Waals surface area contributed by atoms with Crippen LogP contribution < -0.4 is 5.32 Å². The number of hydrogen-bond donors (Lipinski definition) is 1. The summed E-state index contributed by atoms with van der Waals surface area (Å²) in [6.45, 7) is 0.513. The minimum Gasteiger partial charge on any atom is -0.340 e. The highest BCUT2D eigenvalue weighted by Gasteiger charge is 2.30. The van der Waals surface area contributed by atoms with Crippen molar-refractivity contribution in [1.29, 1.82) is 0 Å². The van der Waals surface area contributed by atoms with E-state index in [1.807, 2.05) is 0 Å². The second-order valence-electron chi connectivity index (χ2n) is 5.91. The number of hydrogen-bond acceptors (Lipinski definition) is 3. The summed E-state index contributed by atoms with van der Waals surface area (Å²) >= 11 is 0. The normalized spacial score (nSPS) is 17.4. The van der Waals surface area contributed by atoms with E-state index in [-0.39, 0.29) is 23.9 Å². The van der Waals surface area contributed by atoms with E-state index in [4.69, 9.17) is 0 Å². The molecule has 2 amide bonds. The third-order valence-electron chi connectivity index (χ3n) is 4.14. The highest BCUT2D eigenvalue weighted by atomic mass is 19.1. The number of nitrogens with zero attached hydrogens (tertiary/aromatic N) is 2. The van der Waals surface area contributed by atoms with E-state index in [1.54, 1.807) is 18.3 Å². The van der Waals surface area contributed by atoms with Gasteiger partial charge in [-0.1, -0.05) is 6.07 Å². The summed E-state index contributed by atoms with van der Waals surface area (Å²) in [5, 5.41) is 2.70. The van der Waals surface area contributed by atoms with Gasteiger partial charge in [0.25, 0.3) is 5.91 Å². The van der Waals surface area contributed by atoms with Gasteiger partial charge in [0.05, 0.1) is 5.56 Å². The summed E-state index contributed by atoms with van der Waals surface area (Å²) in [6, 6.07) is 5.88. The molecule has 1 saturated heterocycles. The van der Waals surface area contributed by atoms with Gasteiger partial charge >= 0.3 is 0 Å². The van der Waals surface area contributed by atoms with Crippen molar-refractivity contribution in [3.8, 4) is 0 Å². The Hall–Kier alpha value is -2.83. The Bertz CT molecular complexity index is 783. The van der Waals surface area contributed by atoms with Gasteiger partial charge in [0.2, 0.25) is 5.91 Å². The number of likely N-dealkylation sites (tertiary alicyclic amines) is 1. The topological polar surface area (TPSA) is 62.3 Å². The Morgan fingerprint density at radius 2 is 2.16 bits per heavy atom. The molecule has 130 valence electrons. The minimum absolute atomic E-state index is 0.0458. The van der Waals surface area contributed by atoms with Crippen LogP contribution in [0.4, 0.5) is 8.78 Å². The van der Waals surface area contributed by atoms with Gasteiger partial charge in [-0.3, -0.25) is 14.6 Å². The smallest absolute Gasteiger partial charge is 0.253 e. The lowest BCUT2D eigenvalue weighted by Gasteiger charge is -2.32. The van der Waals surface area contributed by atoms with E-state index in [0.717, 1.165) is 12.1 Å². The van der Waals surface area contributed by atoms with Gasteiger partial charge in [-0.05, 0) is 31.0 Å². The van der Waals surface area contributed by atoms with E-state index in [1.165, 1.54) is 17.2 Å². The first kappa shape index (κ1) is 17.0. The van der Waals surface area contributed by atoms with Crippen LogP contribution >= 0.6 is 0 Å². The quantitative estimate of drug-likeness (QED) is 0.925. The monoisotopic (exact) mass is 345 g/mol. The number of pyridine rings is 1. The second kappa shape index (κ2) is 7.38. The molecule has 7 heteroatoms. The molecule has 1 aliphatic heterocycles. The van der Waals surface area contributed by atoms with Gasteiger partial charge in [0, 0.05) is 37.1 Å². The van der Waals surface area contributed by atoms with Crippen LogP contribution in [-0.2, 0) is 11.3 Å². The number of carbonyl (C=O) groups is 2. The van der Waals surface area contributed by atoms with Crippen LogP contribution in [0.15, 0.2) is 42.7 Å². The lowest BCUT2D eigenvalue weighted by atomic mass is 10.0. The molecule has 3 rings (SSSR count). The molecule has 1 atom stereocenters. The van der Waals surface area contributed by atoms with Crippen LogP contribution in [0.1, 0.15) is 28.8 Å². The Balaban J connectivity index is 1.67. The van der Waals surface area contributed by atoms with E-state index < -0.39 is 17.7 Å². The highest BCUT2D eigenvalue weighted by molar-refractivity contribution is 5.97. The van der Waals surface area contributed by atoms with Gasteiger partial charge in [-0.2, -0.15) is 0 Å². The average molecular weight is 345 g/mol. The number of halogens is 2. The molecular formula is C18H17F2N3O2. The maximum absolute atomic E-state index is 13.8. The van der Waals surface area contributed by atoms with Gasteiger partial charge in [-0.25, -0.2) is 8.78 Å². The Morgan fingerprint density at radius 3 is 2.88 bits per heavy atom. The van der Waals surface area contributed by atoms with Crippen molar-refractivity contribution in [2.24, 2.45) is 0 Å². The van der Waals surface area contributed by atoms with Crippen LogP contribution in [0.5, 0.6) is 0 Å². The molecule has 1 aromatic carbocycles. The maximum atomic E-state index is 13.8. The number of amides is 2. The maximum Gasteiger partial charge on any atom is 0.253 e.